The highest BCUT2D eigenvalue weighted by Gasteiger charge is 2.21. The molecule has 1 aromatic heterocycles. The highest BCUT2D eigenvalue weighted by molar-refractivity contribution is 7.84. The predicted molar refractivity (Wildman–Crippen MR) is 136 cm³/mol. The fourth-order valence-electron chi connectivity index (χ4n) is 3.62. The number of ether oxygens (including phenoxy) is 1. The summed E-state index contributed by atoms with van der Waals surface area (Å²) in [5, 5.41) is 3.85. The summed E-state index contributed by atoms with van der Waals surface area (Å²) in [5.74, 6) is 0.933. The van der Waals surface area contributed by atoms with E-state index >= 15 is 0 Å². The van der Waals surface area contributed by atoms with E-state index in [2.05, 4.69) is 26.1 Å². The zero-order chi connectivity index (χ0) is 24.3. The lowest BCUT2D eigenvalue weighted by Crippen LogP contribution is -2.18. The van der Waals surface area contributed by atoms with Gasteiger partial charge in [0.05, 0.1) is 26.9 Å². The van der Waals surface area contributed by atoms with E-state index in [0.29, 0.717) is 27.8 Å². The van der Waals surface area contributed by atoms with Gasteiger partial charge in [-0.2, -0.15) is 0 Å². The fraction of sp³-hybridized carbons (Fsp3) is 0.269. The summed E-state index contributed by atoms with van der Waals surface area (Å²) in [6.45, 7) is 8.16. The molecule has 3 rings (SSSR count). The zero-order valence-electron chi connectivity index (χ0n) is 19.9. The Morgan fingerprint density at radius 3 is 2.52 bits per heavy atom. The normalized spacial score (nSPS) is 13.5. The van der Waals surface area contributed by atoms with E-state index in [-0.39, 0.29) is 11.3 Å². The van der Waals surface area contributed by atoms with Gasteiger partial charge in [-0.25, -0.2) is 0 Å². The molecule has 1 heterocycles. The van der Waals surface area contributed by atoms with E-state index in [1.54, 1.807) is 16.9 Å². The van der Waals surface area contributed by atoms with Gasteiger partial charge >= 0.3 is 0 Å². The molecule has 0 saturated heterocycles. The number of carbonyl (C=O) groups is 1. The average molecular weight is 466 g/mol. The molecule has 0 aliphatic carbocycles. The number of hydrogen-bond acceptors (Lipinski definition) is 4. The van der Waals surface area contributed by atoms with Crippen LogP contribution in [0.15, 0.2) is 71.5 Å². The molecule has 0 saturated carbocycles. The number of carbonyl (C=O) groups excluding carboxylic acids is 1. The van der Waals surface area contributed by atoms with Crippen LogP contribution in [0.1, 0.15) is 43.7 Å². The van der Waals surface area contributed by atoms with Crippen LogP contribution >= 0.6 is 0 Å². The Morgan fingerprint density at radius 2 is 1.91 bits per heavy atom. The molecule has 7 heteroatoms. The molecular formula is C26H31N3O3S. The minimum Gasteiger partial charge on any atom is -0.455 e. The van der Waals surface area contributed by atoms with Crippen molar-refractivity contribution in [3.05, 3.63) is 77.8 Å². The highest BCUT2D eigenvalue weighted by Crippen LogP contribution is 2.32. The number of nitrogens with two attached hydrogens (primary N) is 1. The van der Waals surface area contributed by atoms with Gasteiger partial charge in [-0.05, 0) is 60.5 Å². The Balaban J connectivity index is 2.03. The first-order valence-electron chi connectivity index (χ1n) is 10.7. The molecule has 3 aromatic rings. The van der Waals surface area contributed by atoms with E-state index < -0.39 is 10.8 Å². The molecular weight excluding hydrogens is 434 g/mol. The second kappa shape index (κ2) is 9.67. The molecule has 0 bridgehead atoms. The third kappa shape index (κ3) is 5.20. The summed E-state index contributed by atoms with van der Waals surface area (Å²) < 4.78 is 20.1. The van der Waals surface area contributed by atoms with Crippen LogP contribution in [-0.2, 0) is 23.3 Å². The molecule has 1 atom stereocenters. The number of allylic oxidation sites excluding steroid dienone is 2. The monoisotopic (exact) mass is 465 g/mol. The number of rotatable bonds is 6. The molecule has 0 spiro atoms. The first-order valence-corrected chi connectivity index (χ1v) is 12.2. The molecule has 0 radical (unpaired) electrons. The van der Waals surface area contributed by atoms with Crippen LogP contribution in [0.25, 0.3) is 10.9 Å². The number of fused-ring (bicyclic) bond motifs is 1. The van der Waals surface area contributed by atoms with Crippen molar-refractivity contribution in [2.45, 2.75) is 38.0 Å². The number of para-hydroxylation sites is 1. The number of nitrogens with one attached hydrogen (secondary N) is 1. The van der Waals surface area contributed by atoms with Crippen molar-refractivity contribution in [2.24, 2.45) is 12.8 Å². The van der Waals surface area contributed by atoms with Gasteiger partial charge in [0.1, 0.15) is 11.5 Å². The van der Waals surface area contributed by atoms with E-state index in [9.17, 15) is 9.00 Å². The van der Waals surface area contributed by atoms with Gasteiger partial charge in [-0.3, -0.25) is 9.00 Å². The second-order valence-corrected chi connectivity index (χ2v) is 10.2. The van der Waals surface area contributed by atoms with Crippen molar-refractivity contribution in [1.29, 1.82) is 0 Å². The van der Waals surface area contributed by atoms with Gasteiger partial charge in [0.15, 0.2) is 5.75 Å². The third-order valence-corrected chi connectivity index (χ3v) is 6.40. The Labute approximate surface area is 197 Å². The maximum Gasteiger partial charge on any atom is 0.272 e. The van der Waals surface area contributed by atoms with Crippen LogP contribution in [0.2, 0.25) is 0 Å². The number of amides is 1. The van der Waals surface area contributed by atoms with Gasteiger partial charge < -0.3 is 20.4 Å². The lowest BCUT2D eigenvalue weighted by molar-refractivity contribution is 0.101. The third-order valence-electron chi connectivity index (χ3n) is 5.43. The van der Waals surface area contributed by atoms with Crippen molar-refractivity contribution in [3.63, 3.8) is 0 Å². The van der Waals surface area contributed by atoms with E-state index in [1.165, 1.54) is 6.20 Å². The molecule has 1 amide bonds. The molecule has 6 nitrogen and oxygen atoms in total. The van der Waals surface area contributed by atoms with Crippen LogP contribution in [0, 0.1) is 0 Å². The molecule has 174 valence electrons. The van der Waals surface area contributed by atoms with Gasteiger partial charge in [0.25, 0.3) is 5.91 Å². The summed E-state index contributed by atoms with van der Waals surface area (Å²) in [5.41, 5.74) is 8.25. The van der Waals surface area contributed by atoms with Crippen LogP contribution < -0.4 is 15.8 Å². The smallest absolute Gasteiger partial charge is 0.272 e. The predicted octanol–water partition coefficient (Wildman–Crippen LogP) is 5.22. The van der Waals surface area contributed by atoms with Gasteiger partial charge in [-0.15, -0.1) is 0 Å². The maximum atomic E-state index is 13.3. The molecule has 1 unspecified atom stereocenters. The van der Waals surface area contributed by atoms with Gasteiger partial charge in [0.2, 0.25) is 0 Å². The van der Waals surface area contributed by atoms with Crippen LogP contribution in [0.3, 0.4) is 0 Å². The lowest BCUT2D eigenvalue weighted by atomic mass is 9.87. The molecule has 0 aliphatic rings. The minimum atomic E-state index is -1.25. The number of nitrogens with zero attached hydrogens (tertiary/aromatic N) is 1. The number of aromatic nitrogens is 1. The Morgan fingerprint density at radius 1 is 1.18 bits per heavy atom. The van der Waals surface area contributed by atoms with Crippen molar-refractivity contribution < 1.29 is 13.7 Å². The van der Waals surface area contributed by atoms with Crippen molar-refractivity contribution in [3.8, 4) is 5.75 Å². The van der Waals surface area contributed by atoms with E-state index in [4.69, 9.17) is 10.5 Å². The van der Waals surface area contributed by atoms with E-state index in [0.717, 1.165) is 16.5 Å². The van der Waals surface area contributed by atoms with Crippen LogP contribution in [0.4, 0.5) is 5.69 Å². The Bertz CT molecular complexity index is 1280. The fourth-order valence-corrected chi connectivity index (χ4v) is 4.30. The Hall–Kier alpha value is -3.32. The standard InChI is InChI=1S/C26H31N3O3S/c1-7-19(13-14-27)32-22-10-8-9-17-15-21(29(5)24(17)22)25(30)28-20-16-18(26(2,3)4)11-12-23(20)33(6)31/h7-16H,27H2,1-6H3,(H,28,30)/b14-13-,19-7+. The van der Waals surface area contributed by atoms with Gasteiger partial charge in [0, 0.05) is 18.7 Å². The summed E-state index contributed by atoms with van der Waals surface area (Å²) in [6, 6.07) is 13.2. The topological polar surface area (TPSA) is 86.3 Å². The second-order valence-electron chi connectivity index (χ2n) is 8.80. The van der Waals surface area contributed by atoms with Crippen LogP contribution in [-0.4, -0.2) is 20.9 Å². The zero-order valence-corrected chi connectivity index (χ0v) is 20.7. The molecule has 33 heavy (non-hydrogen) atoms. The number of benzene rings is 2. The average Bonchev–Trinajstić information content (AvgIpc) is 3.10. The summed E-state index contributed by atoms with van der Waals surface area (Å²) >= 11 is 0. The number of anilines is 1. The minimum absolute atomic E-state index is 0.110. The first-order chi connectivity index (χ1) is 15.6. The largest absolute Gasteiger partial charge is 0.455 e. The lowest BCUT2D eigenvalue weighted by Gasteiger charge is -2.21. The number of hydrogen-bond donors (Lipinski definition) is 2. The highest BCUT2D eigenvalue weighted by atomic mass is 32.2. The SMILES string of the molecule is C/C=C(\C=C/N)Oc1cccc2cc(C(=O)Nc3cc(C(C)(C)C)ccc3S(C)=O)n(C)c12. The summed E-state index contributed by atoms with van der Waals surface area (Å²) in [4.78, 5) is 13.9. The van der Waals surface area contributed by atoms with Crippen LogP contribution in [0.5, 0.6) is 5.75 Å². The van der Waals surface area contributed by atoms with Crippen molar-refractivity contribution in [2.75, 3.05) is 11.6 Å². The Kier molecular flexibility index (Phi) is 7.12. The quantitative estimate of drug-likeness (QED) is 0.386. The maximum absolute atomic E-state index is 13.3. The molecule has 3 N–H and O–H groups in total. The van der Waals surface area contributed by atoms with E-state index in [1.807, 2.05) is 62.5 Å². The van der Waals surface area contributed by atoms with Crippen molar-refractivity contribution >= 4 is 33.3 Å². The number of aryl methyl sites for hydroxylation is 1. The first kappa shape index (κ1) is 24.3. The molecule has 2 aromatic carbocycles. The molecule has 0 aliphatic heterocycles. The van der Waals surface area contributed by atoms with Gasteiger partial charge in [-0.1, -0.05) is 39.0 Å². The summed E-state index contributed by atoms with van der Waals surface area (Å²) in [7, 11) is 0.576. The summed E-state index contributed by atoms with van der Waals surface area (Å²) in [6.07, 6.45) is 6.51. The molecule has 0 fully saturated rings. The van der Waals surface area contributed by atoms with Crippen molar-refractivity contribution in [1.82, 2.24) is 4.57 Å².